The number of hydrogen-bond acceptors (Lipinski definition) is 4. The summed E-state index contributed by atoms with van der Waals surface area (Å²) in [4.78, 5) is 17.8. The van der Waals surface area contributed by atoms with Crippen molar-refractivity contribution in [3.63, 3.8) is 0 Å². The van der Waals surface area contributed by atoms with E-state index in [2.05, 4.69) is 10.3 Å². The van der Waals surface area contributed by atoms with Gasteiger partial charge in [-0.1, -0.05) is 0 Å². The third-order valence-corrected chi connectivity index (χ3v) is 4.22. The summed E-state index contributed by atoms with van der Waals surface area (Å²) in [6.45, 7) is 2.08. The fourth-order valence-electron chi connectivity index (χ4n) is 2.76. The fraction of sp³-hybridized carbons (Fsp3) is 0.600. The number of amides is 1. The summed E-state index contributed by atoms with van der Waals surface area (Å²) >= 11 is 0. The summed E-state index contributed by atoms with van der Waals surface area (Å²) in [6, 6.07) is 2.10. The van der Waals surface area contributed by atoms with Crippen molar-refractivity contribution in [1.82, 2.24) is 10.3 Å². The molecule has 0 saturated carbocycles. The van der Waals surface area contributed by atoms with Gasteiger partial charge in [-0.3, -0.25) is 4.79 Å². The van der Waals surface area contributed by atoms with Crippen LogP contribution in [0.15, 0.2) is 18.3 Å². The minimum absolute atomic E-state index is 0.0416. The third kappa shape index (κ3) is 3.74. The van der Waals surface area contributed by atoms with Gasteiger partial charge in [0.05, 0.1) is 11.5 Å². The molecular weight excluding hydrogens is 311 g/mol. The van der Waals surface area contributed by atoms with E-state index in [0.717, 1.165) is 31.2 Å². The van der Waals surface area contributed by atoms with E-state index in [1.807, 2.05) is 0 Å². The minimum Gasteiger partial charge on any atom is -0.381 e. The Kier molecular flexibility index (Phi) is 4.43. The monoisotopic (exact) mass is 329 g/mol. The normalized spacial score (nSPS) is 20.2. The zero-order chi connectivity index (χ0) is 16.4. The smallest absolute Gasteiger partial charge is 0.381 e. The zero-order valence-corrected chi connectivity index (χ0v) is 12.5. The first kappa shape index (κ1) is 16.0. The van der Waals surface area contributed by atoms with Gasteiger partial charge in [0.1, 0.15) is 5.82 Å². The van der Waals surface area contributed by atoms with Crippen molar-refractivity contribution >= 4 is 11.7 Å². The third-order valence-electron chi connectivity index (χ3n) is 4.22. The highest BCUT2D eigenvalue weighted by Gasteiger charge is 2.36. The Morgan fingerprint density at radius 2 is 2.00 bits per heavy atom. The van der Waals surface area contributed by atoms with Crippen molar-refractivity contribution in [2.24, 2.45) is 5.92 Å². The molecule has 3 rings (SSSR count). The number of ether oxygens (including phenoxy) is 1. The minimum atomic E-state index is -4.39. The van der Waals surface area contributed by atoms with Crippen molar-refractivity contribution in [2.75, 3.05) is 31.2 Å². The molecule has 2 fully saturated rings. The van der Waals surface area contributed by atoms with E-state index in [4.69, 9.17) is 4.74 Å². The number of carbonyl (C=O) groups is 1. The van der Waals surface area contributed by atoms with Crippen LogP contribution in [-0.4, -0.2) is 43.2 Å². The predicted molar refractivity (Wildman–Crippen MR) is 76.9 cm³/mol. The second-order valence-corrected chi connectivity index (χ2v) is 5.90. The van der Waals surface area contributed by atoms with E-state index >= 15 is 0 Å². The summed E-state index contributed by atoms with van der Waals surface area (Å²) in [5.74, 6) is 0.0178. The molecule has 0 spiro atoms. The summed E-state index contributed by atoms with van der Waals surface area (Å²) < 4.78 is 43.3. The quantitative estimate of drug-likeness (QED) is 0.919. The maximum atomic E-state index is 12.7. The van der Waals surface area contributed by atoms with Crippen LogP contribution in [0.25, 0.3) is 0 Å². The number of halogens is 3. The Morgan fingerprint density at radius 1 is 1.30 bits per heavy atom. The van der Waals surface area contributed by atoms with Gasteiger partial charge < -0.3 is 15.0 Å². The molecule has 3 heterocycles. The predicted octanol–water partition coefficient (Wildman–Crippen LogP) is 1.83. The van der Waals surface area contributed by atoms with Gasteiger partial charge in [-0.05, 0) is 25.0 Å². The van der Waals surface area contributed by atoms with Crippen LogP contribution in [-0.2, 0) is 15.7 Å². The van der Waals surface area contributed by atoms with E-state index < -0.39 is 11.7 Å². The lowest BCUT2D eigenvalue weighted by atomic mass is 9.97. The molecule has 23 heavy (non-hydrogen) atoms. The number of hydrogen-bond donors (Lipinski definition) is 1. The molecule has 2 aliphatic rings. The molecule has 1 aromatic rings. The Bertz CT molecular complexity index is 567. The van der Waals surface area contributed by atoms with Crippen LogP contribution in [0.2, 0.25) is 0 Å². The van der Waals surface area contributed by atoms with Crippen LogP contribution in [0.3, 0.4) is 0 Å². The van der Waals surface area contributed by atoms with Crippen LogP contribution in [0.1, 0.15) is 18.4 Å². The average molecular weight is 329 g/mol. The Labute approximate surface area is 131 Å². The average Bonchev–Trinajstić information content (AvgIpc) is 2.46. The molecule has 0 radical (unpaired) electrons. The highest BCUT2D eigenvalue weighted by atomic mass is 19.4. The first-order valence-corrected chi connectivity index (χ1v) is 7.60. The van der Waals surface area contributed by atoms with Crippen molar-refractivity contribution in [2.45, 2.75) is 25.1 Å². The van der Waals surface area contributed by atoms with E-state index in [0.29, 0.717) is 26.3 Å². The van der Waals surface area contributed by atoms with Gasteiger partial charge in [0.2, 0.25) is 5.91 Å². The molecule has 0 aliphatic carbocycles. The van der Waals surface area contributed by atoms with Gasteiger partial charge in [0.15, 0.2) is 0 Å². The molecule has 0 bridgehead atoms. The Balaban J connectivity index is 1.53. The van der Waals surface area contributed by atoms with E-state index in [-0.39, 0.29) is 23.7 Å². The first-order chi connectivity index (χ1) is 10.9. The fourth-order valence-corrected chi connectivity index (χ4v) is 2.76. The number of nitrogens with zero attached hydrogens (tertiary/aromatic N) is 2. The molecule has 0 unspecified atom stereocenters. The second kappa shape index (κ2) is 6.35. The molecule has 0 aromatic carbocycles. The van der Waals surface area contributed by atoms with Crippen LogP contribution >= 0.6 is 0 Å². The molecule has 126 valence electrons. The molecule has 0 atom stereocenters. The van der Waals surface area contributed by atoms with Crippen LogP contribution in [0, 0.1) is 5.92 Å². The number of carbonyl (C=O) groups excluding carboxylic acids is 1. The summed E-state index contributed by atoms with van der Waals surface area (Å²) in [6.07, 6.45) is -1.63. The zero-order valence-electron chi connectivity index (χ0n) is 12.5. The van der Waals surface area contributed by atoms with Crippen molar-refractivity contribution in [1.29, 1.82) is 0 Å². The van der Waals surface area contributed by atoms with Crippen LogP contribution in [0.5, 0.6) is 0 Å². The SMILES string of the molecule is O=C(NC1CCOCC1)C1CN(c2cc(C(F)(F)F)ccn2)C1. The number of rotatable bonds is 3. The Hall–Kier alpha value is -1.83. The number of nitrogens with one attached hydrogen (secondary N) is 1. The van der Waals surface area contributed by atoms with Gasteiger partial charge in [-0.15, -0.1) is 0 Å². The lowest BCUT2D eigenvalue weighted by Gasteiger charge is -2.40. The van der Waals surface area contributed by atoms with Gasteiger partial charge in [-0.2, -0.15) is 13.2 Å². The number of aromatic nitrogens is 1. The highest BCUT2D eigenvalue weighted by Crippen LogP contribution is 2.32. The summed E-state index contributed by atoms with van der Waals surface area (Å²) in [5.41, 5.74) is -0.724. The van der Waals surface area contributed by atoms with Crippen LogP contribution < -0.4 is 10.2 Å². The number of pyridine rings is 1. The molecule has 5 nitrogen and oxygen atoms in total. The standard InChI is InChI=1S/C15H18F3N3O2/c16-15(17,18)11-1-4-19-13(7-11)21-8-10(9-21)14(22)20-12-2-5-23-6-3-12/h1,4,7,10,12H,2-3,5-6,8-9H2,(H,20,22). The largest absolute Gasteiger partial charge is 0.416 e. The lowest BCUT2D eigenvalue weighted by molar-refractivity contribution is -0.137. The second-order valence-electron chi connectivity index (χ2n) is 5.90. The van der Waals surface area contributed by atoms with Gasteiger partial charge in [0, 0.05) is 38.5 Å². The van der Waals surface area contributed by atoms with Crippen molar-refractivity contribution in [3.8, 4) is 0 Å². The maximum Gasteiger partial charge on any atom is 0.416 e. The first-order valence-electron chi connectivity index (χ1n) is 7.60. The summed E-state index contributed by atoms with van der Waals surface area (Å²) in [7, 11) is 0. The van der Waals surface area contributed by atoms with Crippen molar-refractivity contribution in [3.05, 3.63) is 23.9 Å². The van der Waals surface area contributed by atoms with Gasteiger partial charge >= 0.3 is 6.18 Å². The van der Waals surface area contributed by atoms with E-state index in [1.165, 1.54) is 0 Å². The maximum absolute atomic E-state index is 12.7. The van der Waals surface area contributed by atoms with Crippen LogP contribution in [0.4, 0.5) is 19.0 Å². The van der Waals surface area contributed by atoms with Gasteiger partial charge in [-0.25, -0.2) is 4.98 Å². The van der Waals surface area contributed by atoms with E-state index in [1.54, 1.807) is 4.90 Å². The molecule has 8 heteroatoms. The highest BCUT2D eigenvalue weighted by molar-refractivity contribution is 5.82. The molecule has 2 aliphatic heterocycles. The number of anilines is 1. The van der Waals surface area contributed by atoms with E-state index in [9.17, 15) is 18.0 Å². The Morgan fingerprint density at radius 3 is 2.65 bits per heavy atom. The lowest BCUT2D eigenvalue weighted by Crippen LogP contribution is -2.56. The molecule has 1 amide bonds. The molecule has 2 saturated heterocycles. The molecule has 1 N–H and O–H groups in total. The topological polar surface area (TPSA) is 54.5 Å². The molecule has 1 aromatic heterocycles. The number of alkyl halides is 3. The van der Waals surface area contributed by atoms with Gasteiger partial charge in [0.25, 0.3) is 0 Å². The summed E-state index contributed by atoms with van der Waals surface area (Å²) in [5, 5.41) is 2.98. The molecular formula is C15H18F3N3O2. The van der Waals surface area contributed by atoms with Crippen molar-refractivity contribution < 1.29 is 22.7 Å².